The van der Waals surface area contributed by atoms with Crippen molar-refractivity contribution in [2.75, 3.05) is 0 Å². The van der Waals surface area contributed by atoms with Gasteiger partial charge in [-0.1, -0.05) is 57.5 Å². The molecule has 0 bridgehead atoms. The van der Waals surface area contributed by atoms with Crippen molar-refractivity contribution in [3.8, 4) is 0 Å². The van der Waals surface area contributed by atoms with Crippen molar-refractivity contribution in [3.05, 3.63) is 35.9 Å². The molecule has 74 valence electrons. The van der Waals surface area contributed by atoms with Gasteiger partial charge in [0.25, 0.3) is 0 Å². The van der Waals surface area contributed by atoms with Crippen molar-refractivity contribution in [2.24, 2.45) is 0 Å². The number of rotatable bonds is 3. The highest BCUT2D eigenvalue weighted by atomic mass is 16.3. The maximum absolute atomic E-state index is 9.52. The van der Waals surface area contributed by atoms with Gasteiger partial charge in [-0.25, -0.2) is 0 Å². The predicted octanol–water partition coefficient (Wildman–Crippen LogP) is 3.55. The fraction of sp³-hybridized carbons (Fsp3) is 0.500. The Bertz CT molecular complexity index is 194. The average molecular weight is 180 g/mol. The van der Waals surface area contributed by atoms with Gasteiger partial charge in [-0.05, 0) is 12.0 Å². The highest BCUT2D eigenvalue weighted by molar-refractivity contribution is 5.16. The Kier molecular flexibility index (Phi) is 7.32. The molecule has 1 heteroatoms. The second-order valence-electron chi connectivity index (χ2n) is 2.72. The van der Waals surface area contributed by atoms with Crippen LogP contribution >= 0.6 is 0 Å². The van der Waals surface area contributed by atoms with Gasteiger partial charge in [-0.2, -0.15) is 0 Å². The number of aliphatic hydroxyl groups excluding tert-OH is 1. The molecular formula is C12H20O. The molecule has 0 spiro atoms. The predicted molar refractivity (Wildman–Crippen MR) is 57.7 cm³/mol. The molecule has 0 unspecified atom stereocenters. The molecule has 0 aromatic heterocycles. The molecule has 1 rings (SSSR count). The Morgan fingerprint density at radius 2 is 1.69 bits per heavy atom. The van der Waals surface area contributed by atoms with Crippen LogP contribution in [0.3, 0.4) is 0 Å². The molecule has 0 radical (unpaired) electrons. The van der Waals surface area contributed by atoms with Crippen LogP contribution in [0.1, 0.15) is 45.3 Å². The summed E-state index contributed by atoms with van der Waals surface area (Å²) in [7, 11) is 0. The summed E-state index contributed by atoms with van der Waals surface area (Å²) >= 11 is 0. The smallest absolute Gasteiger partial charge is 0.0790 e. The third-order valence-corrected chi connectivity index (χ3v) is 1.75. The van der Waals surface area contributed by atoms with Crippen LogP contribution in [0.15, 0.2) is 30.3 Å². The van der Waals surface area contributed by atoms with E-state index in [2.05, 4.69) is 6.92 Å². The highest BCUT2D eigenvalue weighted by Gasteiger charge is 2.03. The van der Waals surface area contributed by atoms with Crippen LogP contribution in [-0.2, 0) is 0 Å². The van der Waals surface area contributed by atoms with Crippen LogP contribution in [0.25, 0.3) is 0 Å². The Morgan fingerprint density at radius 3 is 2.15 bits per heavy atom. The lowest BCUT2D eigenvalue weighted by atomic mass is 10.1. The van der Waals surface area contributed by atoms with E-state index >= 15 is 0 Å². The second kappa shape index (κ2) is 7.81. The van der Waals surface area contributed by atoms with Gasteiger partial charge in [0.15, 0.2) is 0 Å². The maximum atomic E-state index is 9.52. The highest BCUT2D eigenvalue weighted by Crippen LogP contribution is 2.16. The molecule has 0 aliphatic heterocycles. The van der Waals surface area contributed by atoms with E-state index < -0.39 is 0 Å². The summed E-state index contributed by atoms with van der Waals surface area (Å²) < 4.78 is 0. The zero-order valence-corrected chi connectivity index (χ0v) is 8.83. The van der Waals surface area contributed by atoms with Crippen molar-refractivity contribution in [3.63, 3.8) is 0 Å². The standard InChI is InChI=1S/C10H14O.C2H6/c1-2-6-10(11)9-7-4-3-5-8-9;1-2/h3-5,7-8,10-11H,2,6H2,1H3;1-2H3/t10-;/m0./s1. The van der Waals surface area contributed by atoms with Crippen LogP contribution in [0.4, 0.5) is 0 Å². The lowest BCUT2D eigenvalue weighted by molar-refractivity contribution is 0.166. The number of hydrogen-bond acceptors (Lipinski definition) is 1. The number of aliphatic hydroxyl groups is 1. The molecule has 0 heterocycles. The molecule has 0 amide bonds. The minimum Gasteiger partial charge on any atom is -0.388 e. The minimum atomic E-state index is -0.277. The van der Waals surface area contributed by atoms with Gasteiger partial charge < -0.3 is 5.11 Å². The molecule has 1 atom stereocenters. The fourth-order valence-electron chi connectivity index (χ4n) is 1.12. The van der Waals surface area contributed by atoms with Gasteiger partial charge in [0.05, 0.1) is 6.10 Å². The van der Waals surface area contributed by atoms with Crippen LogP contribution in [0.2, 0.25) is 0 Å². The largest absolute Gasteiger partial charge is 0.388 e. The molecule has 0 fully saturated rings. The lowest BCUT2D eigenvalue weighted by Gasteiger charge is -2.07. The fourth-order valence-corrected chi connectivity index (χ4v) is 1.12. The Balaban J connectivity index is 0.000000671. The van der Waals surface area contributed by atoms with Gasteiger partial charge >= 0.3 is 0 Å². The van der Waals surface area contributed by atoms with Crippen molar-refractivity contribution in [2.45, 2.75) is 39.7 Å². The molecule has 1 aromatic rings. The normalized spacial score (nSPS) is 11.4. The van der Waals surface area contributed by atoms with Gasteiger partial charge in [-0.3, -0.25) is 0 Å². The molecule has 1 nitrogen and oxygen atoms in total. The summed E-state index contributed by atoms with van der Waals surface area (Å²) in [6.07, 6.45) is 1.60. The lowest BCUT2D eigenvalue weighted by Crippen LogP contribution is -1.95. The van der Waals surface area contributed by atoms with E-state index in [9.17, 15) is 5.11 Å². The summed E-state index contributed by atoms with van der Waals surface area (Å²) in [6, 6.07) is 9.78. The monoisotopic (exact) mass is 180 g/mol. The molecule has 1 N–H and O–H groups in total. The van der Waals surface area contributed by atoms with Gasteiger partial charge in [0, 0.05) is 0 Å². The van der Waals surface area contributed by atoms with Gasteiger partial charge in [-0.15, -0.1) is 0 Å². The van der Waals surface area contributed by atoms with Crippen molar-refractivity contribution in [1.82, 2.24) is 0 Å². The molecule has 0 saturated carbocycles. The van der Waals surface area contributed by atoms with E-state index in [1.54, 1.807) is 0 Å². The summed E-state index contributed by atoms with van der Waals surface area (Å²) in [5.74, 6) is 0. The summed E-state index contributed by atoms with van der Waals surface area (Å²) in [6.45, 7) is 6.08. The van der Waals surface area contributed by atoms with E-state index in [0.29, 0.717) is 0 Å². The summed E-state index contributed by atoms with van der Waals surface area (Å²) in [4.78, 5) is 0. The van der Waals surface area contributed by atoms with Crippen LogP contribution in [0, 0.1) is 0 Å². The van der Waals surface area contributed by atoms with E-state index in [4.69, 9.17) is 0 Å². The molecule has 0 saturated heterocycles. The Hall–Kier alpha value is -0.820. The van der Waals surface area contributed by atoms with E-state index in [1.165, 1.54) is 0 Å². The van der Waals surface area contributed by atoms with Crippen molar-refractivity contribution < 1.29 is 5.11 Å². The molecular weight excluding hydrogens is 160 g/mol. The van der Waals surface area contributed by atoms with E-state index in [0.717, 1.165) is 18.4 Å². The topological polar surface area (TPSA) is 20.2 Å². The van der Waals surface area contributed by atoms with Crippen molar-refractivity contribution in [1.29, 1.82) is 0 Å². The second-order valence-corrected chi connectivity index (χ2v) is 2.72. The molecule has 13 heavy (non-hydrogen) atoms. The first-order chi connectivity index (χ1) is 6.34. The van der Waals surface area contributed by atoms with E-state index in [-0.39, 0.29) is 6.10 Å². The van der Waals surface area contributed by atoms with Gasteiger partial charge in [0.1, 0.15) is 0 Å². The molecule has 1 aromatic carbocycles. The SMILES string of the molecule is CC.CCC[C@H](O)c1ccccc1. The third-order valence-electron chi connectivity index (χ3n) is 1.75. The Labute approximate surface area is 81.4 Å². The van der Waals surface area contributed by atoms with Crippen molar-refractivity contribution >= 4 is 0 Å². The molecule has 0 aliphatic carbocycles. The Morgan fingerprint density at radius 1 is 1.15 bits per heavy atom. The quantitative estimate of drug-likeness (QED) is 0.754. The average Bonchev–Trinajstić information content (AvgIpc) is 2.23. The summed E-state index contributed by atoms with van der Waals surface area (Å²) in [5.41, 5.74) is 1.02. The number of benzene rings is 1. The first-order valence-electron chi connectivity index (χ1n) is 5.07. The summed E-state index contributed by atoms with van der Waals surface area (Å²) in [5, 5.41) is 9.52. The first-order valence-corrected chi connectivity index (χ1v) is 5.07. The first kappa shape index (κ1) is 12.2. The minimum absolute atomic E-state index is 0.277. The molecule has 0 aliphatic rings. The number of hydrogen-bond donors (Lipinski definition) is 1. The van der Waals surface area contributed by atoms with Crippen LogP contribution in [-0.4, -0.2) is 5.11 Å². The maximum Gasteiger partial charge on any atom is 0.0790 e. The van der Waals surface area contributed by atoms with Crippen LogP contribution in [0.5, 0.6) is 0 Å². The van der Waals surface area contributed by atoms with E-state index in [1.807, 2.05) is 44.2 Å². The zero-order valence-electron chi connectivity index (χ0n) is 8.83. The zero-order chi connectivity index (χ0) is 10.1. The van der Waals surface area contributed by atoms with Gasteiger partial charge in [0.2, 0.25) is 0 Å². The third kappa shape index (κ3) is 4.69. The van der Waals surface area contributed by atoms with Crippen LogP contribution < -0.4 is 0 Å².